The smallest absolute Gasteiger partial charge is 0.221 e. The molecule has 1 aliphatic carbocycles. The van der Waals surface area contributed by atoms with Gasteiger partial charge in [0.15, 0.2) is 0 Å². The highest BCUT2D eigenvalue weighted by atomic mass is 19.4. The maximum Gasteiger partial charge on any atom is 0.416 e. The summed E-state index contributed by atoms with van der Waals surface area (Å²) in [5.41, 5.74) is -1.81. The van der Waals surface area contributed by atoms with E-state index < -0.39 is 35.3 Å². The van der Waals surface area contributed by atoms with Crippen molar-refractivity contribution in [2.45, 2.75) is 32.2 Å². The zero-order valence-corrected chi connectivity index (χ0v) is 12.8. The first-order valence-corrected chi connectivity index (χ1v) is 7.03. The number of aliphatic imine (C=N–C) groups is 2. The molecule has 1 unspecified atom stereocenters. The molecule has 1 aromatic rings. The number of halogens is 6. The third-order valence-corrected chi connectivity index (χ3v) is 4.20. The van der Waals surface area contributed by atoms with E-state index >= 15 is 0 Å². The standard InChI is InChI=1S/C16H14F6N2/c1-10(14(2)8-7-13(14)16(20,21)22)23-9-24-12-5-3-11(4-6-12)15(17,18)19/h3-8,10,13H,1-2H3/t10-,13?,14-/m0/s1. The molecule has 3 atom stereocenters. The third kappa shape index (κ3) is 3.70. The van der Waals surface area contributed by atoms with Crippen molar-refractivity contribution in [1.82, 2.24) is 0 Å². The van der Waals surface area contributed by atoms with Crippen LogP contribution >= 0.6 is 0 Å². The van der Waals surface area contributed by atoms with Crippen molar-refractivity contribution in [3.63, 3.8) is 0 Å². The molecule has 2 rings (SSSR count). The van der Waals surface area contributed by atoms with Crippen LogP contribution in [0.4, 0.5) is 32.0 Å². The number of hydrogen-bond donors (Lipinski definition) is 0. The van der Waals surface area contributed by atoms with Crippen LogP contribution < -0.4 is 0 Å². The summed E-state index contributed by atoms with van der Waals surface area (Å²) in [5.74, 6) is -1.59. The van der Waals surface area contributed by atoms with E-state index in [0.717, 1.165) is 30.3 Å². The molecule has 130 valence electrons. The number of nitrogens with zero attached hydrogens (tertiary/aromatic N) is 2. The van der Waals surface area contributed by atoms with Crippen molar-refractivity contribution in [3.8, 4) is 0 Å². The largest absolute Gasteiger partial charge is 0.416 e. The normalized spacial score (nSPS) is 24.8. The number of allylic oxidation sites excluding steroid dienone is 1. The second-order valence-electron chi connectivity index (χ2n) is 5.81. The van der Waals surface area contributed by atoms with Crippen LogP contribution in [0.1, 0.15) is 19.4 Å². The second-order valence-corrected chi connectivity index (χ2v) is 5.81. The minimum atomic E-state index is -4.44. The molecule has 0 N–H and O–H groups in total. The predicted octanol–water partition coefficient (Wildman–Crippen LogP) is 5.65. The van der Waals surface area contributed by atoms with Crippen LogP contribution in [-0.4, -0.2) is 18.2 Å². The Morgan fingerprint density at radius 2 is 1.67 bits per heavy atom. The number of hydrogen-bond acceptors (Lipinski definition) is 2. The summed E-state index contributed by atoms with van der Waals surface area (Å²) < 4.78 is 75.8. The summed E-state index contributed by atoms with van der Waals surface area (Å²) in [6, 6.07) is 5.54. The summed E-state index contributed by atoms with van der Waals surface area (Å²) >= 11 is 0. The van der Waals surface area contributed by atoms with Crippen LogP contribution in [-0.2, 0) is 6.18 Å². The van der Waals surface area contributed by atoms with E-state index in [1.54, 1.807) is 0 Å². The number of alkyl halides is 6. The predicted molar refractivity (Wildman–Crippen MR) is 77.2 cm³/mol. The first kappa shape index (κ1) is 18.3. The van der Waals surface area contributed by atoms with Gasteiger partial charge in [-0.05, 0) is 31.2 Å². The fraction of sp³-hybridized carbons (Fsp3) is 0.438. The minimum absolute atomic E-state index is 0.181. The molecule has 2 nitrogen and oxygen atoms in total. The summed E-state index contributed by atoms with van der Waals surface area (Å²) in [4.78, 5) is 7.60. The van der Waals surface area contributed by atoms with Gasteiger partial charge in [0.05, 0.1) is 29.2 Å². The highest BCUT2D eigenvalue weighted by Crippen LogP contribution is 2.51. The van der Waals surface area contributed by atoms with Crippen LogP contribution in [0.5, 0.6) is 0 Å². The lowest BCUT2D eigenvalue weighted by molar-refractivity contribution is -0.192. The van der Waals surface area contributed by atoms with E-state index in [4.69, 9.17) is 0 Å². The van der Waals surface area contributed by atoms with Crippen molar-refractivity contribution in [1.29, 1.82) is 0 Å². The van der Waals surface area contributed by atoms with Gasteiger partial charge in [0.25, 0.3) is 0 Å². The maximum absolute atomic E-state index is 12.8. The van der Waals surface area contributed by atoms with Gasteiger partial charge in [-0.2, -0.15) is 31.3 Å². The van der Waals surface area contributed by atoms with Gasteiger partial charge in [0.1, 0.15) is 0 Å². The summed E-state index contributed by atoms with van der Waals surface area (Å²) in [7, 11) is 0. The van der Waals surface area contributed by atoms with Gasteiger partial charge >= 0.3 is 12.4 Å². The molecule has 0 aliphatic heterocycles. The Balaban J connectivity index is 2.10. The summed E-state index contributed by atoms with van der Waals surface area (Å²) in [6.07, 6.45) is -6.27. The summed E-state index contributed by atoms with van der Waals surface area (Å²) in [6.45, 7) is 2.95. The fourth-order valence-corrected chi connectivity index (χ4v) is 2.39. The zero-order valence-electron chi connectivity index (χ0n) is 12.8. The fourth-order valence-electron chi connectivity index (χ4n) is 2.39. The Morgan fingerprint density at radius 1 is 1.08 bits per heavy atom. The minimum Gasteiger partial charge on any atom is -0.221 e. The van der Waals surface area contributed by atoms with Crippen LogP contribution in [0.25, 0.3) is 0 Å². The maximum atomic E-state index is 12.8. The monoisotopic (exact) mass is 348 g/mol. The highest BCUT2D eigenvalue weighted by Gasteiger charge is 2.55. The second kappa shape index (κ2) is 6.09. The van der Waals surface area contributed by atoms with Crippen LogP contribution in [0.15, 0.2) is 46.4 Å². The topological polar surface area (TPSA) is 24.7 Å². The molecule has 24 heavy (non-hydrogen) atoms. The molecule has 0 amide bonds. The summed E-state index contributed by atoms with van der Waals surface area (Å²) in [5, 5.41) is 0. The van der Waals surface area contributed by atoms with E-state index in [0.29, 0.717) is 0 Å². The lowest BCUT2D eigenvalue weighted by Crippen LogP contribution is -2.47. The first-order valence-electron chi connectivity index (χ1n) is 7.03. The molecule has 0 fully saturated rings. The quantitative estimate of drug-likeness (QED) is 0.383. The Labute approximate surface area is 134 Å². The van der Waals surface area contributed by atoms with Crippen molar-refractivity contribution in [3.05, 3.63) is 42.0 Å². The third-order valence-electron chi connectivity index (χ3n) is 4.20. The molecule has 0 aromatic heterocycles. The van der Waals surface area contributed by atoms with E-state index in [9.17, 15) is 26.3 Å². The van der Waals surface area contributed by atoms with E-state index in [1.165, 1.54) is 19.9 Å². The van der Waals surface area contributed by atoms with Gasteiger partial charge in [-0.1, -0.05) is 19.1 Å². The molecule has 1 aliphatic rings. The van der Waals surface area contributed by atoms with E-state index in [2.05, 4.69) is 16.0 Å². The Morgan fingerprint density at radius 3 is 2.08 bits per heavy atom. The molecular weight excluding hydrogens is 334 g/mol. The van der Waals surface area contributed by atoms with Crippen LogP contribution in [0, 0.1) is 11.3 Å². The van der Waals surface area contributed by atoms with Crippen molar-refractivity contribution in [2.24, 2.45) is 21.3 Å². The van der Waals surface area contributed by atoms with Crippen molar-refractivity contribution < 1.29 is 26.3 Å². The van der Waals surface area contributed by atoms with Gasteiger partial charge in [-0.3, -0.25) is 0 Å². The molecule has 0 radical (unpaired) electrons. The molecule has 0 saturated heterocycles. The van der Waals surface area contributed by atoms with Gasteiger partial charge in [-0.15, -0.1) is 0 Å². The molecular formula is C16H14F6N2. The SMILES string of the molecule is C[C@H](N=C=Nc1ccc(C(F)(F)F)cc1)[C@]1(C)C=CC1C(F)(F)F. The molecule has 0 spiro atoms. The van der Waals surface area contributed by atoms with E-state index in [-0.39, 0.29) is 5.69 Å². The lowest BCUT2D eigenvalue weighted by atomic mass is 9.64. The average molecular weight is 348 g/mol. The van der Waals surface area contributed by atoms with Gasteiger partial charge < -0.3 is 0 Å². The lowest BCUT2D eigenvalue weighted by Gasteiger charge is -2.43. The van der Waals surface area contributed by atoms with E-state index in [1.807, 2.05) is 0 Å². The highest BCUT2D eigenvalue weighted by molar-refractivity contribution is 5.53. The molecule has 0 heterocycles. The molecule has 8 heteroatoms. The van der Waals surface area contributed by atoms with Gasteiger partial charge in [0.2, 0.25) is 0 Å². The number of rotatable bonds is 3. The van der Waals surface area contributed by atoms with Crippen LogP contribution in [0.2, 0.25) is 0 Å². The van der Waals surface area contributed by atoms with Crippen molar-refractivity contribution in [2.75, 3.05) is 0 Å². The molecule has 1 aromatic carbocycles. The number of benzene rings is 1. The van der Waals surface area contributed by atoms with Gasteiger partial charge in [-0.25, -0.2) is 4.99 Å². The zero-order chi connectivity index (χ0) is 18.2. The first-order chi connectivity index (χ1) is 10.9. The Kier molecular flexibility index (Phi) is 4.63. The average Bonchev–Trinajstić information content (AvgIpc) is 2.43. The Hall–Kier alpha value is -2.08. The Bertz CT molecular complexity index is 680. The molecule has 0 bridgehead atoms. The van der Waals surface area contributed by atoms with Crippen molar-refractivity contribution >= 4 is 11.7 Å². The van der Waals surface area contributed by atoms with Crippen LogP contribution in [0.3, 0.4) is 0 Å². The molecule has 0 saturated carbocycles. The van der Waals surface area contributed by atoms with Gasteiger partial charge in [0, 0.05) is 5.41 Å².